The summed E-state index contributed by atoms with van der Waals surface area (Å²) in [6, 6.07) is 0. The van der Waals surface area contributed by atoms with Gasteiger partial charge in [-0.15, -0.1) is 6.42 Å². The van der Waals surface area contributed by atoms with E-state index in [-0.39, 0.29) is 58.4 Å². The van der Waals surface area contributed by atoms with Crippen molar-refractivity contribution in [2.75, 3.05) is 0 Å². The molecule has 0 nitrogen and oxygen atoms in total. The first-order valence-corrected chi connectivity index (χ1v) is 0.289. The van der Waals surface area contributed by atoms with Gasteiger partial charge in [-0.25, -0.2) is 0 Å². The van der Waals surface area contributed by atoms with Crippen molar-refractivity contribution >= 4 is 0 Å². The van der Waals surface area contributed by atoms with Crippen LogP contribution in [0.2, 0.25) is 0 Å². The van der Waals surface area contributed by atoms with Crippen LogP contribution in [0.5, 0.6) is 0 Å². The molecule has 1 radical (unpaired) electrons. The van der Waals surface area contributed by atoms with E-state index in [0.29, 0.717) is 0 Å². The molecular formula is C2HRu3. The Balaban J connectivity index is -0.00000000167. The van der Waals surface area contributed by atoms with Gasteiger partial charge in [0.25, 0.3) is 0 Å². The summed E-state index contributed by atoms with van der Waals surface area (Å²) < 4.78 is 0. The third kappa shape index (κ3) is 31.2. The van der Waals surface area contributed by atoms with Crippen LogP contribution in [0, 0.1) is 12.8 Å². The molecule has 0 bridgehead atoms. The molecular weight excluding hydrogens is 327 g/mol. The topological polar surface area (TPSA) is 0 Å². The van der Waals surface area contributed by atoms with Crippen molar-refractivity contribution in [1.82, 2.24) is 0 Å². The van der Waals surface area contributed by atoms with Crippen molar-refractivity contribution < 1.29 is 58.4 Å². The normalized spacial score (nSPS) is 0.400. The molecule has 0 aliphatic carbocycles. The molecule has 0 aliphatic rings. The first-order valence-electron chi connectivity index (χ1n) is 0.289. The fraction of sp³-hybridized carbons (Fsp3) is 0. The van der Waals surface area contributed by atoms with Crippen LogP contribution in [0.1, 0.15) is 0 Å². The minimum Gasteiger partial charge on any atom is -0.106 e. The van der Waals surface area contributed by atoms with E-state index in [1.54, 1.807) is 0 Å². The minimum atomic E-state index is 0. The first-order chi connectivity index (χ1) is 1.00. The van der Waals surface area contributed by atoms with Crippen LogP contribution in [-0.4, -0.2) is 0 Å². The summed E-state index contributed by atoms with van der Waals surface area (Å²) in [6.07, 6.45) is 9.00. The van der Waals surface area contributed by atoms with Crippen molar-refractivity contribution in [1.29, 1.82) is 0 Å². The van der Waals surface area contributed by atoms with Crippen LogP contribution in [0.15, 0.2) is 0 Å². The van der Waals surface area contributed by atoms with Crippen molar-refractivity contribution in [2.45, 2.75) is 0 Å². The molecule has 0 rings (SSSR count). The fourth-order valence-electron chi connectivity index (χ4n) is 0. The van der Waals surface area contributed by atoms with E-state index < -0.39 is 0 Å². The van der Waals surface area contributed by atoms with Crippen molar-refractivity contribution in [3.8, 4) is 6.42 Å². The third-order valence-corrected chi connectivity index (χ3v) is 0. The van der Waals surface area contributed by atoms with Gasteiger partial charge in [0.2, 0.25) is 0 Å². The molecule has 0 unspecified atom stereocenters. The second kappa shape index (κ2) is 52.1. The summed E-state index contributed by atoms with van der Waals surface area (Å²) >= 11 is 0. The summed E-state index contributed by atoms with van der Waals surface area (Å²) in [5, 5.41) is 0. The summed E-state index contributed by atoms with van der Waals surface area (Å²) in [4.78, 5) is 0. The largest absolute Gasteiger partial charge is 0.106 e. The molecule has 0 atom stereocenters. The van der Waals surface area contributed by atoms with Crippen LogP contribution < -0.4 is 0 Å². The maximum atomic E-state index is 5.25. The second-order valence-corrected chi connectivity index (χ2v) is 0. The van der Waals surface area contributed by atoms with Crippen LogP contribution in [0.25, 0.3) is 0 Å². The minimum absolute atomic E-state index is 0. The van der Waals surface area contributed by atoms with E-state index in [1.165, 1.54) is 0 Å². The SMILES string of the molecule is [C]#C.[Ru].[Ru].[Ru]. The molecule has 0 heterocycles. The quantitative estimate of drug-likeness (QED) is 0.440. The van der Waals surface area contributed by atoms with Gasteiger partial charge in [0.15, 0.2) is 0 Å². The molecule has 0 N–H and O–H groups in total. The van der Waals surface area contributed by atoms with Crippen molar-refractivity contribution in [3.05, 3.63) is 6.42 Å². The van der Waals surface area contributed by atoms with E-state index in [9.17, 15) is 0 Å². The summed E-state index contributed by atoms with van der Waals surface area (Å²) in [7, 11) is 0. The Hall–Kier alpha value is 1.43. The molecule has 0 aliphatic heterocycles. The number of hydrogen-bond donors (Lipinski definition) is 0. The average Bonchev–Trinajstić information content (AvgIpc) is 1.00. The Labute approximate surface area is 70.8 Å². The van der Waals surface area contributed by atoms with Crippen LogP contribution in [0.4, 0.5) is 0 Å². The van der Waals surface area contributed by atoms with Crippen LogP contribution >= 0.6 is 0 Å². The third-order valence-electron chi connectivity index (χ3n) is 0. The molecule has 0 fully saturated rings. The Morgan fingerprint density at radius 1 is 0.800 bits per heavy atom. The summed E-state index contributed by atoms with van der Waals surface area (Å²) in [5.74, 6) is 0. The molecule has 0 aromatic rings. The van der Waals surface area contributed by atoms with Gasteiger partial charge in [-0.2, -0.15) is 0 Å². The molecule has 0 spiro atoms. The molecule has 0 amide bonds. The maximum Gasteiger partial charge on any atom is 0 e. The Bertz CT molecular complexity index is 9.61. The smallest absolute Gasteiger partial charge is 0 e. The monoisotopic (exact) mass is 331 g/mol. The van der Waals surface area contributed by atoms with Gasteiger partial charge in [0, 0.05) is 58.4 Å². The molecule has 5 heavy (non-hydrogen) atoms. The van der Waals surface area contributed by atoms with E-state index >= 15 is 0 Å². The van der Waals surface area contributed by atoms with Crippen molar-refractivity contribution in [2.24, 2.45) is 0 Å². The second-order valence-electron chi connectivity index (χ2n) is 0. The van der Waals surface area contributed by atoms with Gasteiger partial charge < -0.3 is 0 Å². The van der Waals surface area contributed by atoms with E-state index in [2.05, 4.69) is 6.42 Å². The van der Waals surface area contributed by atoms with Gasteiger partial charge in [-0.3, -0.25) is 0 Å². The zero-order valence-corrected chi connectivity index (χ0v) is 7.35. The first kappa shape index (κ1) is 32.1. The molecule has 3 heteroatoms. The van der Waals surface area contributed by atoms with Crippen molar-refractivity contribution in [3.63, 3.8) is 0 Å². The van der Waals surface area contributed by atoms with Gasteiger partial charge >= 0.3 is 0 Å². The number of rotatable bonds is 0. The fourth-order valence-corrected chi connectivity index (χ4v) is 0. The van der Waals surface area contributed by atoms with Gasteiger partial charge in [0.1, 0.15) is 0 Å². The van der Waals surface area contributed by atoms with E-state index in [4.69, 9.17) is 6.42 Å². The van der Waals surface area contributed by atoms with Gasteiger partial charge in [-0.05, 0) is 6.42 Å². The standard InChI is InChI=1S/C2H.3Ru/c1-2;;;/h1H;;;. The predicted molar refractivity (Wildman–Crippen MR) is 8.19 cm³/mol. The van der Waals surface area contributed by atoms with E-state index in [0.717, 1.165) is 0 Å². The number of hydrogen-bond acceptors (Lipinski definition) is 0. The predicted octanol–water partition coefficient (Wildman–Crippen LogP) is 0.198. The molecule has 0 saturated carbocycles. The number of terminal acetylenes is 1. The Kier molecular flexibility index (Phi) is 335. The summed E-state index contributed by atoms with van der Waals surface area (Å²) in [6.45, 7) is 0. The van der Waals surface area contributed by atoms with Crippen LogP contribution in [-0.2, 0) is 58.4 Å². The zero-order valence-electron chi connectivity index (χ0n) is 2.14. The van der Waals surface area contributed by atoms with E-state index in [1.807, 2.05) is 0 Å². The summed E-state index contributed by atoms with van der Waals surface area (Å²) in [5.41, 5.74) is 0. The van der Waals surface area contributed by atoms with Gasteiger partial charge in [-0.1, -0.05) is 0 Å². The zero-order chi connectivity index (χ0) is 2.00. The molecule has 0 saturated heterocycles. The van der Waals surface area contributed by atoms with Crippen LogP contribution in [0.3, 0.4) is 0 Å². The maximum absolute atomic E-state index is 5.25. The Morgan fingerprint density at radius 2 is 0.800 bits per heavy atom. The molecule has 33 valence electrons. The average molecular weight is 328 g/mol. The molecule has 0 aromatic heterocycles. The van der Waals surface area contributed by atoms with Gasteiger partial charge in [0.05, 0.1) is 0 Å². The Morgan fingerprint density at radius 3 is 0.800 bits per heavy atom. The molecule has 0 aromatic carbocycles.